The Morgan fingerprint density at radius 2 is 0.750 bits per heavy atom. The molecule has 0 spiro atoms. The minimum absolute atomic E-state index is 0.0309. The molecule has 36 heavy (non-hydrogen) atoms. The number of fused-ring (bicyclic) bond motifs is 6. The van der Waals surface area contributed by atoms with Gasteiger partial charge >= 0.3 is 0 Å². The molecule has 0 amide bonds. The summed E-state index contributed by atoms with van der Waals surface area (Å²) >= 11 is 0. The Morgan fingerprint density at radius 1 is 0.389 bits per heavy atom. The third-order valence-corrected chi connectivity index (χ3v) is 9.71. The van der Waals surface area contributed by atoms with Crippen LogP contribution in [0.5, 0.6) is 0 Å². The molecule has 8 rings (SSSR count). The first-order valence-electron chi connectivity index (χ1n) is 13.0. The van der Waals surface area contributed by atoms with Gasteiger partial charge in [-0.05, 0) is 44.5 Å². The maximum absolute atomic E-state index is 10.3. The van der Waals surface area contributed by atoms with Gasteiger partial charge in [0.25, 0.3) is 0 Å². The van der Waals surface area contributed by atoms with Crippen molar-refractivity contribution in [3.05, 3.63) is 130 Å². The predicted molar refractivity (Wildman–Crippen MR) is 139 cm³/mol. The van der Waals surface area contributed by atoms with Crippen molar-refractivity contribution in [1.29, 1.82) is 10.5 Å². The van der Waals surface area contributed by atoms with Crippen LogP contribution in [0.4, 0.5) is 0 Å². The minimum atomic E-state index is -0.0309. The molecule has 2 saturated carbocycles. The van der Waals surface area contributed by atoms with Crippen LogP contribution in [0.15, 0.2) is 97.1 Å². The molecule has 0 unspecified atom stereocenters. The Morgan fingerprint density at radius 3 is 1.11 bits per heavy atom. The molecule has 4 aliphatic carbocycles. The van der Waals surface area contributed by atoms with E-state index in [1.807, 2.05) is 0 Å². The summed E-state index contributed by atoms with van der Waals surface area (Å²) < 4.78 is 0. The second kappa shape index (κ2) is 7.19. The first kappa shape index (κ1) is 20.1. The van der Waals surface area contributed by atoms with E-state index in [1.54, 1.807) is 0 Å². The van der Waals surface area contributed by atoms with Crippen molar-refractivity contribution in [2.24, 2.45) is 11.8 Å². The molecule has 2 heteroatoms. The second-order valence-electron chi connectivity index (χ2n) is 10.9. The van der Waals surface area contributed by atoms with Gasteiger partial charge in [-0.3, -0.25) is 0 Å². The van der Waals surface area contributed by atoms with Crippen LogP contribution in [0, 0.1) is 34.5 Å². The summed E-state index contributed by atoms with van der Waals surface area (Å²) in [6, 6.07) is 40.2. The number of benzene rings is 4. The third kappa shape index (κ3) is 2.31. The summed E-state index contributed by atoms with van der Waals surface area (Å²) in [5.74, 6) is 1.38. The van der Waals surface area contributed by atoms with E-state index in [2.05, 4.69) is 109 Å². The summed E-state index contributed by atoms with van der Waals surface area (Å²) in [5, 5.41) is 20.7. The van der Waals surface area contributed by atoms with Gasteiger partial charge in [-0.1, -0.05) is 97.1 Å². The van der Waals surface area contributed by atoms with Gasteiger partial charge in [0, 0.05) is 35.5 Å². The van der Waals surface area contributed by atoms with Crippen molar-refractivity contribution in [2.75, 3.05) is 0 Å². The number of nitriles is 2. The molecule has 0 aromatic heterocycles. The number of rotatable bonds is 2. The maximum atomic E-state index is 10.3. The highest BCUT2D eigenvalue weighted by atomic mass is 14.6. The molecule has 0 aliphatic heterocycles. The summed E-state index contributed by atoms with van der Waals surface area (Å²) in [7, 11) is 0. The van der Waals surface area contributed by atoms with E-state index in [0.717, 1.165) is 0 Å². The van der Waals surface area contributed by atoms with Crippen LogP contribution in [-0.2, 0) is 0 Å². The molecule has 2 fully saturated rings. The first-order chi connectivity index (χ1) is 17.8. The van der Waals surface area contributed by atoms with Gasteiger partial charge in [-0.25, -0.2) is 0 Å². The van der Waals surface area contributed by atoms with Crippen LogP contribution < -0.4 is 0 Å². The lowest BCUT2D eigenvalue weighted by atomic mass is 9.43. The van der Waals surface area contributed by atoms with E-state index in [1.165, 1.54) is 44.5 Å². The fourth-order valence-electron chi connectivity index (χ4n) is 8.41. The lowest BCUT2D eigenvalue weighted by molar-refractivity contribution is 0.193. The molecule has 170 valence electrons. The molecule has 4 aromatic rings. The van der Waals surface area contributed by atoms with Gasteiger partial charge in [0.05, 0.1) is 24.0 Å². The van der Waals surface area contributed by atoms with Crippen molar-refractivity contribution in [3.63, 3.8) is 0 Å². The zero-order chi connectivity index (χ0) is 24.0. The van der Waals surface area contributed by atoms with Crippen molar-refractivity contribution in [3.8, 4) is 23.3 Å². The number of hydrogen-bond donors (Lipinski definition) is 0. The Kier molecular flexibility index (Phi) is 4.01. The fourth-order valence-corrected chi connectivity index (χ4v) is 8.41. The van der Waals surface area contributed by atoms with Crippen LogP contribution in [0.3, 0.4) is 0 Å². The van der Waals surface area contributed by atoms with Crippen LogP contribution in [0.25, 0.3) is 11.1 Å². The van der Waals surface area contributed by atoms with Crippen molar-refractivity contribution < 1.29 is 0 Å². The van der Waals surface area contributed by atoms with Crippen LogP contribution in [-0.4, -0.2) is 0 Å². The average Bonchev–Trinajstić information content (AvgIpc) is 2.90. The molecule has 0 N–H and O–H groups in total. The van der Waals surface area contributed by atoms with Gasteiger partial charge in [0.1, 0.15) is 0 Å². The average molecular weight is 461 g/mol. The normalized spacial score (nSPS) is 31.8. The molecule has 0 bridgehead atoms. The lowest BCUT2D eigenvalue weighted by Gasteiger charge is -2.58. The Balaban J connectivity index is 1.36. The van der Waals surface area contributed by atoms with E-state index in [0.29, 0.717) is 11.8 Å². The van der Waals surface area contributed by atoms with Crippen molar-refractivity contribution in [1.82, 2.24) is 0 Å². The zero-order valence-corrected chi connectivity index (χ0v) is 19.8. The van der Waals surface area contributed by atoms with Crippen LogP contribution >= 0.6 is 0 Å². The summed E-state index contributed by atoms with van der Waals surface area (Å²) in [6.45, 7) is 0. The third-order valence-electron chi connectivity index (χ3n) is 9.71. The first-order valence-corrected chi connectivity index (χ1v) is 13.0. The smallest absolute Gasteiger partial charge is 0.0669 e. The molecule has 8 atom stereocenters. The largest absolute Gasteiger partial charge is 0.198 e. The van der Waals surface area contributed by atoms with Gasteiger partial charge < -0.3 is 0 Å². The molecular formula is C34H24N2. The van der Waals surface area contributed by atoms with Gasteiger partial charge in [-0.15, -0.1) is 0 Å². The Bertz CT molecular complexity index is 1480. The molecule has 2 nitrogen and oxygen atoms in total. The van der Waals surface area contributed by atoms with E-state index in [-0.39, 0.29) is 35.5 Å². The summed E-state index contributed by atoms with van der Waals surface area (Å²) in [6.07, 6.45) is 0. The maximum Gasteiger partial charge on any atom is 0.0669 e. The minimum Gasteiger partial charge on any atom is -0.198 e. The molecule has 4 aromatic carbocycles. The monoisotopic (exact) mass is 460 g/mol. The highest BCUT2D eigenvalue weighted by Gasteiger charge is 2.61. The number of hydrogen-bond acceptors (Lipinski definition) is 2. The van der Waals surface area contributed by atoms with Gasteiger partial charge in [0.2, 0.25) is 0 Å². The van der Waals surface area contributed by atoms with Crippen LogP contribution in [0.1, 0.15) is 68.9 Å². The lowest BCUT2D eigenvalue weighted by Crippen LogP contribution is -2.47. The van der Waals surface area contributed by atoms with Crippen molar-refractivity contribution >= 4 is 0 Å². The molecule has 0 radical (unpaired) electrons. The topological polar surface area (TPSA) is 47.6 Å². The van der Waals surface area contributed by atoms with Crippen molar-refractivity contribution in [2.45, 2.75) is 35.5 Å². The quantitative estimate of drug-likeness (QED) is 0.309. The highest BCUT2D eigenvalue weighted by molar-refractivity contribution is 5.86. The predicted octanol–water partition coefficient (Wildman–Crippen LogP) is 7.59. The second-order valence-corrected chi connectivity index (χ2v) is 10.9. The molecular weight excluding hydrogens is 436 g/mol. The van der Waals surface area contributed by atoms with E-state index < -0.39 is 0 Å². The molecule has 0 heterocycles. The van der Waals surface area contributed by atoms with E-state index >= 15 is 0 Å². The van der Waals surface area contributed by atoms with E-state index in [4.69, 9.17) is 0 Å². The standard InChI is InChI=1S/C34H24N2/c35-17-25-27(19-9-3-1-4-10-19)33-23-15-7-14-22-29(23)30-21(31(25)33)13-8-16-24(30)34-28(26(18-36)32(22)34)20-11-5-2-6-12-20/h1-16,25-28,31-34H/t25-,26+,27-,28+,31+,32-,33-,34+. The van der Waals surface area contributed by atoms with Gasteiger partial charge in [0.15, 0.2) is 0 Å². The summed E-state index contributed by atoms with van der Waals surface area (Å²) in [5.41, 5.74) is 10.7. The Labute approximate surface area is 211 Å². The van der Waals surface area contributed by atoms with Gasteiger partial charge in [-0.2, -0.15) is 10.5 Å². The van der Waals surface area contributed by atoms with Crippen LogP contribution in [0.2, 0.25) is 0 Å². The number of nitrogens with zero attached hydrogens (tertiary/aromatic N) is 2. The highest BCUT2D eigenvalue weighted by Crippen LogP contribution is 2.73. The molecule has 4 aliphatic rings. The molecule has 0 saturated heterocycles. The fraction of sp³-hybridized carbons (Fsp3) is 0.235. The summed E-state index contributed by atoms with van der Waals surface area (Å²) in [4.78, 5) is 0. The SMILES string of the molecule is N#C[C@@H]1[C@H]2c3cccc4c3-c3c(cccc3[C@H]3[C@H](C#N)[C@@H](c5ccccc5)[C@@H]43)[C@H]2[C@H]1c1ccccc1. The Hall–Kier alpha value is -4.14. The van der Waals surface area contributed by atoms with E-state index in [9.17, 15) is 10.5 Å². The zero-order valence-electron chi connectivity index (χ0n) is 19.8.